The summed E-state index contributed by atoms with van der Waals surface area (Å²) >= 11 is 0. The maximum Gasteiger partial charge on any atom is 0.318 e. The predicted molar refractivity (Wildman–Crippen MR) is 113 cm³/mol. The number of aryl methyl sites for hydroxylation is 1. The number of hydrogen-bond donors (Lipinski definition) is 0. The summed E-state index contributed by atoms with van der Waals surface area (Å²) in [6.07, 6.45) is 5.75. The van der Waals surface area contributed by atoms with Gasteiger partial charge in [0.25, 0.3) is 11.5 Å². The van der Waals surface area contributed by atoms with Gasteiger partial charge in [-0.3, -0.25) is 9.59 Å². The smallest absolute Gasteiger partial charge is 0.318 e. The van der Waals surface area contributed by atoms with E-state index in [-0.39, 0.29) is 23.7 Å². The third kappa shape index (κ3) is 3.64. The highest BCUT2D eigenvalue weighted by Gasteiger charge is 2.33. The summed E-state index contributed by atoms with van der Waals surface area (Å²) in [7, 11) is 1.70. The molecule has 166 valence electrons. The highest BCUT2D eigenvalue weighted by Crippen LogP contribution is 2.36. The molecule has 1 aliphatic carbocycles. The van der Waals surface area contributed by atoms with Crippen LogP contribution in [-0.4, -0.2) is 57.4 Å². The van der Waals surface area contributed by atoms with Crippen molar-refractivity contribution in [3.8, 4) is 0 Å². The second-order valence-corrected chi connectivity index (χ2v) is 9.11. The second kappa shape index (κ2) is 7.78. The molecule has 9 heteroatoms. The summed E-state index contributed by atoms with van der Waals surface area (Å²) in [6.45, 7) is 6.06. The molecule has 0 bridgehead atoms. The molecular weight excluding hydrogens is 398 g/mol. The van der Waals surface area contributed by atoms with E-state index in [9.17, 15) is 9.59 Å². The van der Waals surface area contributed by atoms with Crippen molar-refractivity contribution in [3.05, 3.63) is 39.1 Å². The minimum atomic E-state index is -0.242. The van der Waals surface area contributed by atoms with Gasteiger partial charge in [-0.25, -0.2) is 0 Å². The molecule has 4 heterocycles. The zero-order valence-electron chi connectivity index (χ0n) is 18.3. The van der Waals surface area contributed by atoms with Gasteiger partial charge in [0, 0.05) is 45.3 Å². The Morgan fingerprint density at radius 1 is 1.16 bits per heavy atom. The molecule has 1 amide bonds. The monoisotopic (exact) mass is 427 g/mol. The Labute approximate surface area is 181 Å². The van der Waals surface area contributed by atoms with Crippen LogP contribution in [0, 0.1) is 0 Å². The van der Waals surface area contributed by atoms with Crippen LogP contribution in [0.15, 0.2) is 15.4 Å². The summed E-state index contributed by atoms with van der Waals surface area (Å²) in [6, 6.07) is 0.519. The molecule has 0 radical (unpaired) electrons. The fraction of sp³-hybridized carbons (Fsp3) is 0.636. The Morgan fingerprint density at radius 3 is 2.58 bits per heavy atom. The van der Waals surface area contributed by atoms with Crippen LogP contribution in [0.1, 0.15) is 66.4 Å². The lowest BCUT2D eigenvalue weighted by Crippen LogP contribution is -2.50. The van der Waals surface area contributed by atoms with Gasteiger partial charge in [0.15, 0.2) is 0 Å². The van der Waals surface area contributed by atoms with E-state index in [1.54, 1.807) is 11.9 Å². The van der Waals surface area contributed by atoms with Gasteiger partial charge < -0.3 is 23.5 Å². The SMILES string of the molecule is C[C@@H]1CN(C(=O)c2c3c(cn(C)c2=O)CN(c2nnc(C4CCC4)o2)CC3)C[C@H](C)O1. The molecule has 2 fully saturated rings. The minimum Gasteiger partial charge on any atom is -0.408 e. The zero-order valence-corrected chi connectivity index (χ0v) is 18.3. The Morgan fingerprint density at radius 2 is 1.90 bits per heavy atom. The van der Waals surface area contributed by atoms with Crippen molar-refractivity contribution in [1.29, 1.82) is 0 Å². The Kier molecular flexibility index (Phi) is 5.08. The normalized spacial score (nSPS) is 24.1. The van der Waals surface area contributed by atoms with Gasteiger partial charge in [0.05, 0.1) is 12.2 Å². The van der Waals surface area contributed by atoms with Crippen molar-refractivity contribution in [3.63, 3.8) is 0 Å². The number of rotatable bonds is 3. The van der Waals surface area contributed by atoms with Crippen LogP contribution in [0.3, 0.4) is 0 Å². The number of nitrogens with zero attached hydrogens (tertiary/aromatic N) is 5. The Balaban J connectivity index is 1.43. The molecule has 2 atom stereocenters. The largest absolute Gasteiger partial charge is 0.408 e. The van der Waals surface area contributed by atoms with E-state index >= 15 is 0 Å². The van der Waals surface area contributed by atoms with E-state index in [2.05, 4.69) is 10.2 Å². The molecule has 1 saturated carbocycles. The number of hydrogen-bond acceptors (Lipinski definition) is 7. The third-order valence-corrected chi connectivity index (χ3v) is 6.64. The molecule has 2 aliphatic heterocycles. The van der Waals surface area contributed by atoms with Gasteiger partial charge in [-0.1, -0.05) is 11.5 Å². The van der Waals surface area contributed by atoms with Crippen molar-refractivity contribution in [2.24, 2.45) is 7.05 Å². The van der Waals surface area contributed by atoms with Crippen LogP contribution in [0.2, 0.25) is 0 Å². The van der Waals surface area contributed by atoms with Gasteiger partial charge in [0.2, 0.25) is 5.89 Å². The molecule has 1 saturated heterocycles. The Hall–Kier alpha value is -2.68. The standard InChI is InChI=1S/C22H29N5O4/c1-13-9-27(10-14(2)30-13)21(29)18-17-7-8-26(12-16(17)11-25(3)20(18)28)22-24-23-19(31-22)15-5-4-6-15/h11,13-15H,4-10,12H2,1-3H3/t13-,14+. The summed E-state index contributed by atoms with van der Waals surface area (Å²) in [5.74, 6) is 0.915. The van der Waals surface area contributed by atoms with Gasteiger partial charge in [-0.15, -0.1) is 5.10 Å². The summed E-state index contributed by atoms with van der Waals surface area (Å²) in [5, 5.41) is 8.49. The zero-order chi connectivity index (χ0) is 21.7. The van der Waals surface area contributed by atoms with Crippen LogP contribution in [0.5, 0.6) is 0 Å². The molecule has 0 aromatic carbocycles. The maximum atomic E-state index is 13.4. The summed E-state index contributed by atoms with van der Waals surface area (Å²) in [4.78, 5) is 30.2. The van der Waals surface area contributed by atoms with Gasteiger partial charge in [-0.05, 0) is 44.2 Å². The molecule has 5 rings (SSSR count). The number of anilines is 1. The lowest BCUT2D eigenvalue weighted by atomic mass is 9.85. The van der Waals surface area contributed by atoms with Crippen molar-refractivity contribution in [2.75, 3.05) is 24.5 Å². The van der Waals surface area contributed by atoms with E-state index in [1.807, 2.05) is 24.9 Å². The van der Waals surface area contributed by atoms with E-state index < -0.39 is 0 Å². The van der Waals surface area contributed by atoms with Crippen molar-refractivity contribution >= 4 is 11.9 Å². The number of ether oxygens (including phenoxy) is 1. The van der Waals surface area contributed by atoms with Crippen LogP contribution in [-0.2, 0) is 24.8 Å². The minimum absolute atomic E-state index is 0.0472. The number of carbonyl (C=O) groups is 1. The number of pyridine rings is 1. The topological polar surface area (TPSA) is 93.7 Å². The molecule has 9 nitrogen and oxygen atoms in total. The first-order valence-electron chi connectivity index (χ1n) is 11.1. The number of aromatic nitrogens is 3. The first kappa shape index (κ1) is 20.2. The fourth-order valence-corrected chi connectivity index (χ4v) is 4.85. The molecule has 2 aromatic heterocycles. The molecule has 0 spiro atoms. The molecular formula is C22H29N5O4. The van der Waals surface area contributed by atoms with Crippen LogP contribution in [0.4, 0.5) is 6.01 Å². The second-order valence-electron chi connectivity index (χ2n) is 9.11. The quantitative estimate of drug-likeness (QED) is 0.738. The average Bonchev–Trinajstić information content (AvgIpc) is 3.15. The Bertz CT molecular complexity index is 1050. The highest BCUT2D eigenvalue weighted by molar-refractivity contribution is 5.96. The average molecular weight is 428 g/mol. The van der Waals surface area contributed by atoms with Crippen LogP contribution >= 0.6 is 0 Å². The molecule has 0 N–H and O–H groups in total. The number of amides is 1. The molecule has 0 unspecified atom stereocenters. The predicted octanol–water partition coefficient (Wildman–Crippen LogP) is 1.85. The van der Waals surface area contributed by atoms with Crippen molar-refractivity contribution in [1.82, 2.24) is 19.7 Å². The van der Waals surface area contributed by atoms with E-state index in [0.29, 0.717) is 50.1 Å². The highest BCUT2D eigenvalue weighted by atomic mass is 16.5. The molecule has 2 aromatic rings. The first-order chi connectivity index (χ1) is 14.9. The van der Waals surface area contributed by atoms with Gasteiger partial charge >= 0.3 is 6.01 Å². The van der Waals surface area contributed by atoms with Gasteiger partial charge in [0.1, 0.15) is 5.56 Å². The lowest BCUT2D eigenvalue weighted by Gasteiger charge is -2.36. The van der Waals surface area contributed by atoms with Crippen molar-refractivity contribution < 1.29 is 13.9 Å². The number of carbonyl (C=O) groups excluding carboxylic acids is 1. The molecule has 3 aliphatic rings. The van der Waals surface area contributed by atoms with Gasteiger partial charge in [-0.2, -0.15) is 0 Å². The lowest BCUT2D eigenvalue weighted by molar-refractivity contribution is -0.0586. The van der Waals surface area contributed by atoms with E-state index in [4.69, 9.17) is 9.15 Å². The molecule has 31 heavy (non-hydrogen) atoms. The first-order valence-corrected chi connectivity index (χ1v) is 11.1. The summed E-state index contributed by atoms with van der Waals surface area (Å²) < 4.78 is 13.2. The third-order valence-electron chi connectivity index (χ3n) is 6.64. The number of fused-ring (bicyclic) bond motifs is 1. The van der Waals surface area contributed by atoms with Crippen LogP contribution < -0.4 is 10.5 Å². The summed E-state index contributed by atoms with van der Waals surface area (Å²) in [5.41, 5.74) is 1.85. The van der Waals surface area contributed by atoms with Crippen LogP contribution in [0.25, 0.3) is 0 Å². The number of morpholine rings is 1. The maximum absolute atomic E-state index is 13.4. The van der Waals surface area contributed by atoms with E-state index in [0.717, 1.165) is 29.9 Å². The fourth-order valence-electron chi connectivity index (χ4n) is 4.85. The van der Waals surface area contributed by atoms with E-state index in [1.165, 1.54) is 11.0 Å². The van der Waals surface area contributed by atoms with Crippen molar-refractivity contribution in [2.45, 2.75) is 64.2 Å².